The van der Waals surface area contributed by atoms with Gasteiger partial charge in [-0.3, -0.25) is 14.8 Å². The highest BCUT2D eigenvalue weighted by Gasteiger charge is 2.35. The second kappa shape index (κ2) is 12.0. The molecule has 0 spiro atoms. The third-order valence-corrected chi connectivity index (χ3v) is 5.16. The number of aliphatic hydroxyl groups excluding tert-OH is 1. The molecule has 0 bridgehead atoms. The molecule has 0 saturated heterocycles. The van der Waals surface area contributed by atoms with E-state index in [1.165, 1.54) is 7.05 Å². The van der Waals surface area contributed by atoms with Crippen LogP contribution in [0.15, 0.2) is 60.7 Å². The molecule has 1 unspecified atom stereocenters. The number of hydrogen-bond acceptors (Lipinski definition) is 5. The van der Waals surface area contributed by atoms with Crippen molar-refractivity contribution in [2.24, 2.45) is 5.92 Å². The van der Waals surface area contributed by atoms with Gasteiger partial charge >= 0.3 is 6.03 Å². The van der Waals surface area contributed by atoms with E-state index in [-0.39, 0.29) is 17.4 Å². The summed E-state index contributed by atoms with van der Waals surface area (Å²) in [5.41, 5.74) is 1.53. The zero-order valence-corrected chi connectivity index (χ0v) is 18.6. The van der Waals surface area contributed by atoms with Gasteiger partial charge in [-0.15, -0.1) is 5.06 Å². The minimum atomic E-state index is -1.52. The molecule has 0 aliphatic heterocycles. The molecule has 4 N–H and O–H groups in total. The Morgan fingerprint density at radius 1 is 0.906 bits per heavy atom. The van der Waals surface area contributed by atoms with Gasteiger partial charge in [-0.2, -0.15) is 0 Å². The SMILES string of the molecule is CNC(=O)C(NC(=O)N(O)C(=O)[C@@H](O)CCC(C)C)C(c1ccccc1)c1ccccc1. The lowest BCUT2D eigenvalue weighted by molar-refractivity contribution is -0.162. The van der Waals surface area contributed by atoms with Gasteiger partial charge in [0.15, 0.2) is 0 Å². The monoisotopic (exact) mass is 441 g/mol. The highest BCUT2D eigenvalue weighted by atomic mass is 16.5. The van der Waals surface area contributed by atoms with Gasteiger partial charge in [0.05, 0.1) is 0 Å². The Kier molecular flexibility index (Phi) is 9.37. The summed E-state index contributed by atoms with van der Waals surface area (Å²) in [6, 6.07) is 16.0. The maximum atomic E-state index is 12.8. The summed E-state index contributed by atoms with van der Waals surface area (Å²) in [5, 5.41) is 25.0. The van der Waals surface area contributed by atoms with Crippen LogP contribution in [0.4, 0.5) is 4.79 Å². The van der Waals surface area contributed by atoms with E-state index < -0.39 is 35.9 Å². The first-order chi connectivity index (χ1) is 15.3. The first-order valence-electron chi connectivity index (χ1n) is 10.6. The van der Waals surface area contributed by atoms with Crippen molar-refractivity contribution in [1.82, 2.24) is 15.7 Å². The summed E-state index contributed by atoms with van der Waals surface area (Å²) in [5.74, 6) is -1.99. The fourth-order valence-corrected chi connectivity index (χ4v) is 3.40. The Bertz CT molecular complexity index is 850. The van der Waals surface area contributed by atoms with Crippen molar-refractivity contribution in [3.63, 3.8) is 0 Å². The maximum Gasteiger partial charge on any atom is 0.349 e. The second-order valence-corrected chi connectivity index (χ2v) is 7.98. The number of hydroxylamine groups is 2. The molecule has 0 aromatic heterocycles. The van der Waals surface area contributed by atoms with Crippen molar-refractivity contribution in [1.29, 1.82) is 0 Å². The highest BCUT2D eigenvalue weighted by molar-refractivity contribution is 5.97. The second-order valence-electron chi connectivity index (χ2n) is 7.98. The molecule has 32 heavy (non-hydrogen) atoms. The van der Waals surface area contributed by atoms with Gasteiger partial charge in [0.25, 0.3) is 5.91 Å². The highest BCUT2D eigenvalue weighted by Crippen LogP contribution is 2.28. The smallest absolute Gasteiger partial charge is 0.349 e. The van der Waals surface area contributed by atoms with Crippen LogP contribution in [0.2, 0.25) is 0 Å². The van der Waals surface area contributed by atoms with Gasteiger partial charge in [0.2, 0.25) is 5.91 Å². The fourth-order valence-electron chi connectivity index (χ4n) is 3.40. The lowest BCUT2D eigenvalue weighted by atomic mass is 9.84. The molecule has 2 aromatic rings. The number of aliphatic hydroxyl groups is 1. The molecule has 0 fully saturated rings. The first-order valence-corrected chi connectivity index (χ1v) is 10.6. The molecule has 0 aliphatic carbocycles. The van der Waals surface area contributed by atoms with Crippen LogP contribution in [0.5, 0.6) is 0 Å². The van der Waals surface area contributed by atoms with E-state index >= 15 is 0 Å². The van der Waals surface area contributed by atoms with E-state index in [1.54, 1.807) is 0 Å². The normalized spacial score (nSPS) is 12.8. The Hall–Kier alpha value is -3.23. The van der Waals surface area contributed by atoms with E-state index in [9.17, 15) is 24.7 Å². The predicted molar refractivity (Wildman–Crippen MR) is 120 cm³/mol. The molecular formula is C24H31N3O5. The third-order valence-electron chi connectivity index (χ3n) is 5.16. The van der Waals surface area contributed by atoms with Crippen LogP contribution in [0, 0.1) is 5.92 Å². The van der Waals surface area contributed by atoms with E-state index in [2.05, 4.69) is 10.6 Å². The van der Waals surface area contributed by atoms with Crippen molar-refractivity contribution in [2.75, 3.05) is 7.05 Å². The number of likely N-dealkylation sites (N-methyl/N-ethyl adjacent to an activating group) is 1. The minimum absolute atomic E-state index is 0.108. The van der Waals surface area contributed by atoms with Crippen LogP contribution in [0.3, 0.4) is 0 Å². The third kappa shape index (κ3) is 6.63. The molecular weight excluding hydrogens is 410 g/mol. The molecule has 8 heteroatoms. The van der Waals surface area contributed by atoms with Crippen molar-refractivity contribution in [3.05, 3.63) is 71.8 Å². The van der Waals surface area contributed by atoms with E-state index in [1.807, 2.05) is 74.5 Å². The minimum Gasteiger partial charge on any atom is -0.383 e. The van der Waals surface area contributed by atoms with Crippen LogP contribution in [-0.2, 0) is 9.59 Å². The molecule has 4 amide bonds. The number of nitrogens with one attached hydrogen (secondary N) is 2. The Morgan fingerprint density at radius 3 is 1.84 bits per heavy atom. The van der Waals surface area contributed by atoms with Gasteiger partial charge < -0.3 is 15.7 Å². The van der Waals surface area contributed by atoms with Crippen LogP contribution in [0.1, 0.15) is 43.7 Å². The molecule has 0 heterocycles. The molecule has 8 nitrogen and oxygen atoms in total. The summed E-state index contributed by atoms with van der Waals surface area (Å²) < 4.78 is 0. The number of carbonyl (C=O) groups excluding carboxylic acids is 3. The average molecular weight is 442 g/mol. The number of amides is 4. The van der Waals surface area contributed by atoms with Gasteiger partial charge in [-0.25, -0.2) is 4.79 Å². The molecule has 2 atom stereocenters. The van der Waals surface area contributed by atoms with Crippen LogP contribution in [0.25, 0.3) is 0 Å². The van der Waals surface area contributed by atoms with Crippen LogP contribution < -0.4 is 10.6 Å². The molecule has 172 valence electrons. The molecule has 0 saturated carbocycles. The standard InChI is InChI=1S/C24H31N3O5/c1-16(2)14-15-19(28)23(30)27(32)24(31)26-21(22(29)25-3)20(17-10-6-4-7-11-17)18-12-8-5-9-13-18/h4-13,16,19-21,28,32H,14-15H2,1-3H3,(H,25,29)(H,26,31)/t19-,21?/m0/s1. The maximum absolute atomic E-state index is 12.8. The number of carbonyl (C=O) groups is 3. The number of rotatable bonds is 9. The van der Waals surface area contributed by atoms with E-state index in [4.69, 9.17) is 0 Å². The fraction of sp³-hybridized carbons (Fsp3) is 0.375. The van der Waals surface area contributed by atoms with Crippen molar-refractivity contribution in [2.45, 2.75) is 44.8 Å². The number of benzene rings is 2. The largest absolute Gasteiger partial charge is 0.383 e. The Balaban J connectivity index is 2.30. The van der Waals surface area contributed by atoms with Gasteiger partial charge in [0, 0.05) is 13.0 Å². The van der Waals surface area contributed by atoms with Crippen LogP contribution in [-0.4, -0.2) is 52.4 Å². The summed E-state index contributed by atoms with van der Waals surface area (Å²) in [4.78, 5) is 37.7. The lowest BCUT2D eigenvalue weighted by Crippen LogP contribution is -2.55. The van der Waals surface area contributed by atoms with Crippen molar-refractivity contribution >= 4 is 17.8 Å². The van der Waals surface area contributed by atoms with Gasteiger partial charge in [0.1, 0.15) is 12.1 Å². The summed E-state index contributed by atoms with van der Waals surface area (Å²) in [7, 11) is 1.44. The van der Waals surface area contributed by atoms with Gasteiger partial charge in [-0.1, -0.05) is 74.5 Å². The molecule has 2 rings (SSSR count). The van der Waals surface area contributed by atoms with Gasteiger partial charge in [-0.05, 0) is 29.9 Å². The molecule has 0 aliphatic rings. The van der Waals surface area contributed by atoms with Crippen molar-refractivity contribution in [3.8, 4) is 0 Å². The number of nitrogens with zero attached hydrogens (tertiary/aromatic N) is 1. The molecule has 0 radical (unpaired) electrons. The topological polar surface area (TPSA) is 119 Å². The predicted octanol–water partition coefficient (Wildman–Crippen LogP) is 2.66. The Morgan fingerprint density at radius 2 is 1.41 bits per heavy atom. The zero-order valence-electron chi connectivity index (χ0n) is 18.6. The quantitative estimate of drug-likeness (QED) is 0.352. The van der Waals surface area contributed by atoms with E-state index in [0.29, 0.717) is 6.42 Å². The number of hydrogen-bond donors (Lipinski definition) is 4. The summed E-state index contributed by atoms with van der Waals surface area (Å²) in [6.45, 7) is 3.86. The summed E-state index contributed by atoms with van der Waals surface area (Å²) in [6.07, 6.45) is -0.866. The summed E-state index contributed by atoms with van der Waals surface area (Å²) >= 11 is 0. The number of imide groups is 1. The molecule has 2 aromatic carbocycles. The first kappa shape index (κ1) is 25.0. The van der Waals surface area contributed by atoms with Crippen molar-refractivity contribution < 1.29 is 24.7 Å². The van der Waals surface area contributed by atoms with E-state index in [0.717, 1.165) is 11.1 Å². The average Bonchev–Trinajstić information content (AvgIpc) is 2.81. The van der Waals surface area contributed by atoms with Crippen LogP contribution >= 0.6 is 0 Å². The zero-order chi connectivity index (χ0) is 23.7. The Labute approximate surface area is 188 Å². The lowest BCUT2D eigenvalue weighted by Gasteiger charge is -2.29. The number of urea groups is 1.